The van der Waals surface area contributed by atoms with Crippen molar-refractivity contribution in [1.82, 2.24) is 15.5 Å². The van der Waals surface area contributed by atoms with Gasteiger partial charge in [0.1, 0.15) is 12.1 Å². The lowest BCUT2D eigenvalue weighted by atomic mass is 9.92. The van der Waals surface area contributed by atoms with E-state index in [2.05, 4.69) is 10.6 Å². The van der Waals surface area contributed by atoms with Crippen molar-refractivity contribution in [2.45, 2.75) is 38.3 Å². The van der Waals surface area contributed by atoms with E-state index in [-0.39, 0.29) is 11.7 Å². The van der Waals surface area contributed by atoms with Crippen LogP contribution in [-0.2, 0) is 15.1 Å². The summed E-state index contributed by atoms with van der Waals surface area (Å²) in [5.74, 6) is -0.654. The van der Waals surface area contributed by atoms with Gasteiger partial charge in [-0.2, -0.15) is 0 Å². The summed E-state index contributed by atoms with van der Waals surface area (Å²) < 4.78 is 0. The van der Waals surface area contributed by atoms with Crippen LogP contribution < -0.4 is 10.6 Å². The van der Waals surface area contributed by atoms with Crippen LogP contribution in [0.2, 0.25) is 0 Å². The van der Waals surface area contributed by atoms with Gasteiger partial charge < -0.3 is 10.6 Å². The molecule has 2 aromatic rings. The lowest BCUT2D eigenvalue weighted by molar-refractivity contribution is -0.384. The number of urea groups is 1. The Labute approximate surface area is 184 Å². The number of nitro benzene ring substituents is 1. The number of non-ortho nitro benzene ring substituents is 1. The third kappa shape index (κ3) is 4.05. The minimum absolute atomic E-state index is 0.118. The van der Waals surface area contributed by atoms with Crippen molar-refractivity contribution in [3.05, 3.63) is 75.3 Å². The van der Waals surface area contributed by atoms with Gasteiger partial charge in [0.05, 0.1) is 11.0 Å². The molecule has 32 heavy (non-hydrogen) atoms. The summed E-state index contributed by atoms with van der Waals surface area (Å²) in [5, 5.41) is 16.5. The molecule has 2 aromatic carbocycles. The van der Waals surface area contributed by atoms with Crippen molar-refractivity contribution in [2.75, 3.05) is 6.54 Å². The fourth-order valence-corrected chi connectivity index (χ4v) is 3.99. The molecule has 166 valence electrons. The zero-order chi connectivity index (χ0) is 23.0. The number of hydrogen-bond donors (Lipinski definition) is 2. The van der Waals surface area contributed by atoms with E-state index in [1.807, 2.05) is 31.2 Å². The number of nitrogens with one attached hydrogen (secondary N) is 2. The van der Waals surface area contributed by atoms with E-state index in [0.717, 1.165) is 28.9 Å². The lowest BCUT2D eigenvalue weighted by Crippen LogP contribution is -2.44. The Kier molecular flexibility index (Phi) is 5.41. The summed E-state index contributed by atoms with van der Waals surface area (Å²) in [6.45, 7) is 3.11. The summed E-state index contributed by atoms with van der Waals surface area (Å²) >= 11 is 0. The standard InChI is InChI=1S/C23H24N4O5/c1-14-3-5-15(6-4-14)20(16-7-8-16)24-19(28)13-26-21(29)23(2,25-22(26)30)17-9-11-18(12-10-17)27(31)32/h3-6,9-12,16,20H,7-8,13H2,1-2H3,(H,24,28)(H,25,30). The lowest BCUT2D eigenvalue weighted by Gasteiger charge is -2.23. The van der Waals surface area contributed by atoms with Crippen molar-refractivity contribution in [2.24, 2.45) is 5.92 Å². The number of hydrogen-bond acceptors (Lipinski definition) is 5. The maximum Gasteiger partial charge on any atom is 0.325 e. The second-order valence-electron chi connectivity index (χ2n) is 8.54. The molecule has 4 amide bonds. The molecule has 0 radical (unpaired) electrons. The van der Waals surface area contributed by atoms with E-state index < -0.39 is 34.9 Å². The summed E-state index contributed by atoms with van der Waals surface area (Å²) in [6, 6.07) is 12.5. The quantitative estimate of drug-likeness (QED) is 0.393. The third-order valence-electron chi connectivity index (χ3n) is 6.08. The first kappa shape index (κ1) is 21.5. The second kappa shape index (κ2) is 8.07. The molecule has 2 unspecified atom stereocenters. The number of benzene rings is 2. The monoisotopic (exact) mass is 436 g/mol. The first-order valence-corrected chi connectivity index (χ1v) is 10.4. The molecule has 1 saturated heterocycles. The fraction of sp³-hybridized carbons (Fsp3) is 0.348. The van der Waals surface area contributed by atoms with Gasteiger partial charge in [-0.1, -0.05) is 29.8 Å². The molecular formula is C23H24N4O5. The van der Waals surface area contributed by atoms with Gasteiger partial charge in [-0.15, -0.1) is 0 Å². The van der Waals surface area contributed by atoms with Crippen LogP contribution >= 0.6 is 0 Å². The average molecular weight is 436 g/mol. The Bertz CT molecular complexity index is 1080. The van der Waals surface area contributed by atoms with Crippen molar-refractivity contribution in [1.29, 1.82) is 0 Å². The van der Waals surface area contributed by atoms with E-state index >= 15 is 0 Å². The fourth-order valence-electron chi connectivity index (χ4n) is 3.99. The van der Waals surface area contributed by atoms with Gasteiger partial charge in [-0.05, 0) is 55.9 Å². The maximum absolute atomic E-state index is 13.1. The highest BCUT2D eigenvalue weighted by Gasteiger charge is 2.49. The van der Waals surface area contributed by atoms with E-state index in [4.69, 9.17) is 0 Å². The smallest absolute Gasteiger partial charge is 0.325 e. The Morgan fingerprint density at radius 1 is 1.19 bits per heavy atom. The van der Waals surface area contributed by atoms with Crippen molar-refractivity contribution >= 4 is 23.5 Å². The van der Waals surface area contributed by atoms with Crippen LogP contribution in [0.4, 0.5) is 10.5 Å². The minimum atomic E-state index is -1.40. The molecule has 1 heterocycles. The van der Waals surface area contributed by atoms with Gasteiger partial charge in [-0.3, -0.25) is 24.6 Å². The average Bonchev–Trinajstić information content (AvgIpc) is 3.58. The SMILES string of the molecule is Cc1ccc(C(NC(=O)CN2C(=O)NC(C)(c3ccc([N+](=O)[O-])cc3)C2=O)C2CC2)cc1. The van der Waals surface area contributed by atoms with Crippen LogP contribution in [0.1, 0.15) is 42.5 Å². The highest BCUT2D eigenvalue weighted by molar-refractivity contribution is 6.09. The molecule has 1 aliphatic carbocycles. The van der Waals surface area contributed by atoms with Crippen LogP contribution in [-0.4, -0.2) is 34.2 Å². The van der Waals surface area contributed by atoms with Gasteiger partial charge in [0.25, 0.3) is 11.6 Å². The second-order valence-corrected chi connectivity index (χ2v) is 8.54. The molecule has 1 saturated carbocycles. The van der Waals surface area contributed by atoms with Gasteiger partial charge in [0.15, 0.2) is 0 Å². The third-order valence-corrected chi connectivity index (χ3v) is 6.08. The first-order valence-electron chi connectivity index (χ1n) is 10.4. The zero-order valence-electron chi connectivity index (χ0n) is 17.8. The van der Waals surface area contributed by atoms with Gasteiger partial charge >= 0.3 is 6.03 Å². The zero-order valence-corrected chi connectivity index (χ0v) is 17.8. The Morgan fingerprint density at radius 3 is 2.38 bits per heavy atom. The van der Waals surface area contributed by atoms with E-state index in [0.29, 0.717) is 11.5 Å². The summed E-state index contributed by atoms with van der Waals surface area (Å²) in [4.78, 5) is 49.6. The van der Waals surface area contributed by atoms with Crippen molar-refractivity contribution in [3.8, 4) is 0 Å². The molecule has 0 bridgehead atoms. The number of nitro groups is 1. The Balaban J connectivity index is 1.47. The van der Waals surface area contributed by atoms with Gasteiger partial charge in [0.2, 0.25) is 5.91 Å². The summed E-state index contributed by atoms with van der Waals surface area (Å²) in [7, 11) is 0. The summed E-state index contributed by atoms with van der Waals surface area (Å²) in [6.07, 6.45) is 2.03. The highest BCUT2D eigenvalue weighted by atomic mass is 16.6. The van der Waals surface area contributed by atoms with Crippen molar-refractivity contribution < 1.29 is 19.3 Å². The number of imide groups is 1. The number of aryl methyl sites for hydroxylation is 1. The van der Waals surface area contributed by atoms with Gasteiger partial charge in [-0.25, -0.2) is 4.79 Å². The van der Waals surface area contributed by atoms with E-state index in [1.165, 1.54) is 31.2 Å². The van der Waals surface area contributed by atoms with Gasteiger partial charge in [0, 0.05) is 12.1 Å². The van der Waals surface area contributed by atoms with E-state index in [1.54, 1.807) is 0 Å². The molecule has 2 aliphatic rings. The topological polar surface area (TPSA) is 122 Å². The van der Waals surface area contributed by atoms with Crippen LogP contribution in [0.5, 0.6) is 0 Å². The highest BCUT2D eigenvalue weighted by Crippen LogP contribution is 2.41. The molecule has 2 N–H and O–H groups in total. The largest absolute Gasteiger partial charge is 0.347 e. The van der Waals surface area contributed by atoms with Crippen LogP contribution in [0.25, 0.3) is 0 Å². The number of amides is 4. The van der Waals surface area contributed by atoms with Crippen LogP contribution in [0.15, 0.2) is 48.5 Å². The molecule has 1 aliphatic heterocycles. The number of carbonyl (C=O) groups excluding carboxylic acids is 3. The maximum atomic E-state index is 13.1. The number of nitrogens with zero attached hydrogens (tertiary/aromatic N) is 2. The molecule has 4 rings (SSSR count). The normalized spacial score (nSPS) is 21.2. The molecule has 0 spiro atoms. The molecule has 2 fully saturated rings. The predicted octanol–water partition coefficient (Wildman–Crippen LogP) is 2.94. The molecule has 0 aromatic heterocycles. The number of carbonyl (C=O) groups is 3. The van der Waals surface area contributed by atoms with Crippen molar-refractivity contribution in [3.63, 3.8) is 0 Å². The van der Waals surface area contributed by atoms with E-state index in [9.17, 15) is 24.5 Å². The molecular weight excluding hydrogens is 412 g/mol. The first-order chi connectivity index (χ1) is 15.2. The summed E-state index contributed by atoms with van der Waals surface area (Å²) in [5.41, 5.74) is 1.01. The molecule has 9 heteroatoms. The molecule has 9 nitrogen and oxygen atoms in total. The minimum Gasteiger partial charge on any atom is -0.347 e. The predicted molar refractivity (Wildman–Crippen MR) is 115 cm³/mol. The van der Waals surface area contributed by atoms with Crippen LogP contribution in [0, 0.1) is 23.0 Å². The Hall–Kier alpha value is -3.75. The Morgan fingerprint density at radius 2 is 1.81 bits per heavy atom. The van der Waals surface area contributed by atoms with Crippen LogP contribution in [0.3, 0.4) is 0 Å². The molecule has 2 atom stereocenters. The number of rotatable bonds is 7.